The second-order valence-electron chi connectivity index (χ2n) is 4.63. The molecule has 1 amide bonds. The molecule has 1 fully saturated rings. The molecule has 1 saturated heterocycles. The van der Waals surface area contributed by atoms with Crippen LogP contribution in [0.4, 0.5) is 5.69 Å². The van der Waals surface area contributed by atoms with Crippen molar-refractivity contribution in [1.29, 1.82) is 0 Å². The molecule has 5 heteroatoms. The number of likely N-dealkylation sites (tertiary alicyclic amines) is 1. The number of carbonyl (C=O) groups is 1. The first-order chi connectivity index (χ1) is 9.15. The van der Waals surface area contributed by atoms with Crippen LogP contribution in [0, 0.1) is 0 Å². The maximum Gasteiger partial charge on any atom is 0.242 e. The third-order valence-electron chi connectivity index (χ3n) is 3.39. The fourth-order valence-electron chi connectivity index (χ4n) is 2.02. The number of rotatable bonds is 5. The molecule has 2 rings (SSSR count). The molecule has 1 aromatic carbocycles. The van der Waals surface area contributed by atoms with Gasteiger partial charge in [0.1, 0.15) is 0 Å². The second-order valence-corrected chi connectivity index (χ2v) is 4.63. The highest BCUT2D eigenvalue weighted by atomic mass is 16.5. The van der Waals surface area contributed by atoms with Gasteiger partial charge in [0.25, 0.3) is 0 Å². The molecule has 0 aromatic heterocycles. The predicted octanol–water partition coefficient (Wildman–Crippen LogP) is 1.37. The Kier molecular flexibility index (Phi) is 4.14. The van der Waals surface area contributed by atoms with Crippen molar-refractivity contribution in [3.63, 3.8) is 0 Å². The Bertz CT molecular complexity index is 458. The SMILES string of the molecule is COc1ccc(N(C)CC(=O)N2CCC2)cc1OC. The number of hydrogen-bond acceptors (Lipinski definition) is 4. The summed E-state index contributed by atoms with van der Waals surface area (Å²) >= 11 is 0. The van der Waals surface area contributed by atoms with Gasteiger partial charge in [-0.2, -0.15) is 0 Å². The van der Waals surface area contributed by atoms with Gasteiger partial charge in [-0.3, -0.25) is 4.79 Å². The van der Waals surface area contributed by atoms with E-state index in [1.54, 1.807) is 14.2 Å². The van der Waals surface area contributed by atoms with Crippen LogP contribution in [-0.2, 0) is 4.79 Å². The first kappa shape index (κ1) is 13.5. The summed E-state index contributed by atoms with van der Waals surface area (Å²) in [4.78, 5) is 15.7. The molecule has 5 nitrogen and oxygen atoms in total. The minimum atomic E-state index is 0.170. The molecule has 0 unspecified atom stereocenters. The van der Waals surface area contributed by atoms with Crippen LogP contribution in [0.5, 0.6) is 11.5 Å². The number of carbonyl (C=O) groups excluding carboxylic acids is 1. The van der Waals surface area contributed by atoms with E-state index in [0.717, 1.165) is 25.2 Å². The average molecular weight is 264 g/mol. The first-order valence-corrected chi connectivity index (χ1v) is 6.36. The lowest BCUT2D eigenvalue weighted by molar-refractivity contribution is -0.133. The summed E-state index contributed by atoms with van der Waals surface area (Å²) in [5, 5.41) is 0. The zero-order valence-electron chi connectivity index (χ0n) is 11.7. The summed E-state index contributed by atoms with van der Waals surface area (Å²) in [6.07, 6.45) is 1.12. The Morgan fingerprint density at radius 1 is 1.26 bits per heavy atom. The lowest BCUT2D eigenvalue weighted by atomic mass is 10.2. The quantitative estimate of drug-likeness (QED) is 0.805. The van der Waals surface area contributed by atoms with Gasteiger partial charge in [-0.05, 0) is 18.6 Å². The van der Waals surface area contributed by atoms with E-state index in [0.29, 0.717) is 18.0 Å². The van der Waals surface area contributed by atoms with Gasteiger partial charge in [0.05, 0.1) is 20.8 Å². The van der Waals surface area contributed by atoms with E-state index in [1.807, 2.05) is 35.0 Å². The number of anilines is 1. The molecule has 0 aliphatic carbocycles. The van der Waals surface area contributed by atoms with Gasteiger partial charge in [-0.1, -0.05) is 0 Å². The summed E-state index contributed by atoms with van der Waals surface area (Å²) in [7, 11) is 5.11. The molecule has 0 radical (unpaired) electrons. The Labute approximate surface area is 113 Å². The van der Waals surface area contributed by atoms with Crippen molar-refractivity contribution in [2.45, 2.75) is 6.42 Å². The highest BCUT2D eigenvalue weighted by Gasteiger charge is 2.21. The summed E-state index contributed by atoms with van der Waals surface area (Å²) < 4.78 is 10.5. The fourth-order valence-corrected chi connectivity index (χ4v) is 2.02. The maximum atomic E-state index is 11.9. The Morgan fingerprint density at radius 2 is 1.95 bits per heavy atom. The molecule has 0 N–H and O–H groups in total. The number of likely N-dealkylation sites (N-methyl/N-ethyl adjacent to an activating group) is 1. The molecule has 0 spiro atoms. The van der Waals surface area contributed by atoms with Crippen LogP contribution in [0.2, 0.25) is 0 Å². The van der Waals surface area contributed by atoms with Crippen LogP contribution in [0.3, 0.4) is 0 Å². The molecule has 19 heavy (non-hydrogen) atoms. The zero-order valence-corrected chi connectivity index (χ0v) is 11.7. The van der Waals surface area contributed by atoms with E-state index in [4.69, 9.17) is 9.47 Å². The van der Waals surface area contributed by atoms with E-state index in [1.165, 1.54) is 0 Å². The van der Waals surface area contributed by atoms with Gasteiger partial charge in [-0.25, -0.2) is 0 Å². The second kappa shape index (κ2) is 5.82. The molecule has 0 atom stereocenters. The highest BCUT2D eigenvalue weighted by Crippen LogP contribution is 2.31. The van der Waals surface area contributed by atoms with Crippen LogP contribution >= 0.6 is 0 Å². The van der Waals surface area contributed by atoms with Crippen molar-refractivity contribution in [2.24, 2.45) is 0 Å². The number of benzene rings is 1. The number of ether oxygens (including phenoxy) is 2. The van der Waals surface area contributed by atoms with E-state index >= 15 is 0 Å². The van der Waals surface area contributed by atoms with Gasteiger partial charge in [-0.15, -0.1) is 0 Å². The van der Waals surface area contributed by atoms with Crippen molar-refractivity contribution in [2.75, 3.05) is 45.8 Å². The minimum Gasteiger partial charge on any atom is -0.493 e. The molecule has 1 aliphatic rings. The normalized spacial score (nSPS) is 13.7. The number of amides is 1. The van der Waals surface area contributed by atoms with E-state index in [9.17, 15) is 4.79 Å². The third-order valence-corrected chi connectivity index (χ3v) is 3.39. The first-order valence-electron chi connectivity index (χ1n) is 6.36. The monoisotopic (exact) mass is 264 g/mol. The van der Waals surface area contributed by atoms with Crippen molar-refractivity contribution < 1.29 is 14.3 Å². The lowest BCUT2D eigenvalue weighted by Gasteiger charge is -2.32. The zero-order chi connectivity index (χ0) is 13.8. The van der Waals surface area contributed by atoms with Crippen molar-refractivity contribution in [3.8, 4) is 11.5 Å². The van der Waals surface area contributed by atoms with E-state index in [-0.39, 0.29) is 5.91 Å². The summed E-state index contributed by atoms with van der Waals surface area (Å²) in [6.45, 7) is 2.16. The molecular weight excluding hydrogens is 244 g/mol. The number of methoxy groups -OCH3 is 2. The van der Waals surface area contributed by atoms with Gasteiger partial charge in [0.2, 0.25) is 5.91 Å². The van der Waals surface area contributed by atoms with Gasteiger partial charge in [0.15, 0.2) is 11.5 Å². The van der Waals surface area contributed by atoms with Crippen LogP contribution in [0.15, 0.2) is 18.2 Å². The van der Waals surface area contributed by atoms with Crippen molar-refractivity contribution >= 4 is 11.6 Å². The standard InChI is InChI=1S/C14H20N2O3/c1-15(10-14(17)16-7-4-8-16)11-5-6-12(18-2)13(9-11)19-3/h5-6,9H,4,7-8,10H2,1-3H3. The van der Waals surface area contributed by atoms with Gasteiger partial charge in [0, 0.05) is 31.9 Å². The largest absolute Gasteiger partial charge is 0.493 e. The fraction of sp³-hybridized carbons (Fsp3) is 0.500. The minimum absolute atomic E-state index is 0.170. The topological polar surface area (TPSA) is 42.0 Å². The van der Waals surface area contributed by atoms with Crippen LogP contribution < -0.4 is 14.4 Å². The van der Waals surface area contributed by atoms with Crippen molar-refractivity contribution in [3.05, 3.63) is 18.2 Å². The summed E-state index contributed by atoms with van der Waals surface area (Å²) in [6, 6.07) is 5.64. The predicted molar refractivity (Wildman–Crippen MR) is 74.0 cm³/mol. The summed E-state index contributed by atoms with van der Waals surface area (Å²) in [5.41, 5.74) is 0.937. The van der Waals surface area contributed by atoms with Crippen LogP contribution in [0.1, 0.15) is 6.42 Å². The number of nitrogens with zero attached hydrogens (tertiary/aromatic N) is 2. The molecule has 1 heterocycles. The molecular formula is C14H20N2O3. The lowest BCUT2D eigenvalue weighted by Crippen LogP contribution is -2.46. The van der Waals surface area contributed by atoms with Gasteiger partial charge >= 0.3 is 0 Å². The third kappa shape index (κ3) is 2.92. The number of hydrogen-bond donors (Lipinski definition) is 0. The van der Waals surface area contributed by atoms with Crippen molar-refractivity contribution in [1.82, 2.24) is 4.90 Å². The summed E-state index contributed by atoms with van der Waals surface area (Å²) in [5.74, 6) is 1.53. The van der Waals surface area contributed by atoms with E-state index < -0.39 is 0 Å². The Balaban J connectivity index is 2.05. The smallest absolute Gasteiger partial charge is 0.242 e. The Morgan fingerprint density at radius 3 is 2.47 bits per heavy atom. The van der Waals surface area contributed by atoms with E-state index in [2.05, 4.69) is 0 Å². The Hall–Kier alpha value is -1.91. The van der Waals surface area contributed by atoms with Gasteiger partial charge < -0.3 is 19.3 Å². The molecule has 1 aromatic rings. The molecule has 1 aliphatic heterocycles. The maximum absolute atomic E-state index is 11.9. The molecule has 0 bridgehead atoms. The van der Waals surface area contributed by atoms with Crippen LogP contribution in [-0.4, -0.2) is 51.7 Å². The average Bonchev–Trinajstić information content (AvgIpc) is 2.35. The van der Waals surface area contributed by atoms with Crippen LogP contribution in [0.25, 0.3) is 0 Å². The molecule has 0 saturated carbocycles. The highest BCUT2D eigenvalue weighted by molar-refractivity contribution is 5.82. The molecule has 104 valence electrons.